The molecule has 0 unspecified atom stereocenters. The molecule has 20 heavy (non-hydrogen) atoms. The number of hydrogen-bond donors (Lipinski definition) is 3. The molecule has 0 aliphatic rings. The third kappa shape index (κ3) is 2.30. The van der Waals surface area contributed by atoms with Gasteiger partial charge in [-0.1, -0.05) is 0 Å². The van der Waals surface area contributed by atoms with Gasteiger partial charge in [0.1, 0.15) is 0 Å². The van der Waals surface area contributed by atoms with E-state index in [4.69, 9.17) is 0 Å². The van der Waals surface area contributed by atoms with E-state index in [-0.39, 0.29) is 0 Å². The Morgan fingerprint density at radius 3 is 2.75 bits per heavy atom. The minimum atomic E-state index is 0.358. The van der Waals surface area contributed by atoms with Gasteiger partial charge in [-0.05, 0) is 6.92 Å². The number of nitrogens with one attached hydrogen (secondary N) is 2. The van der Waals surface area contributed by atoms with Crippen molar-refractivity contribution in [3.05, 3.63) is 18.1 Å². The van der Waals surface area contributed by atoms with Gasteiger partial charge in [0.15, 0.2) is 11.5 Å². The van der Waals surface area contributed by atoms with Crippen LogP contribution in [0.4, 0.5) is 5.69 Å². The monoisotopic (exact) mass is 277 g/mol. The van der Waals surface area contributed by atoms with Crippen molar-refractivity contribution in [3.8, 4) is 0 Å². The van der Waals surface area contributed by atoms with Crippen molar-refractivity contribution in [3.63, 3.8) is 0 Å². The molecule has 2 rings (SSSR count). The highest BCUT2D eigenvalue weighted by atomic mass is 16.5. The summed E-state index contributed by atoms with van der Waals surface area (Å²) in [7, 11) is 5.50. The summed E-state index contributed by atoms with van der Waals surface area (Å²) in [5.74, 6) is 0.358. The summed E-state index contributed by atoms with van der Waals surface area (Å²) in [6.45, 7) is 2.79. The number of amidine groups is 1. The van der Waals surface area contributed by atoms with Crippen LogP contribution in [0.25, 0.3) is 11.2 Å². The van der Waals surface area contributed by atoms with Crippen LogP contribution in [0.5, 0.6) is 0 Å². The fraction of sp³-hybridized carbons (Fsp3) is 0.417. The van der Waals surface area contributed by atoms with Gasteiger partial charge in [-0.25, -0.2) is 15.0 Å². The zero-order valence-corrected chi connectivity index (χ0v) is 12.0. The fourth-order valence-corrected chi connectivity index (χ4v) is 2.21. The van der Waals surface area contributed by atoms with Crippen LogP contribution in [0.1, 0.15) is 12.5 Å². The van der Waals surface area contributed by atoms with Crippen LogP contribution in [-0.2, 0) is 0 Å². The molecular weight excluding hydrogens is 258 g/mol. The van der Waals surface area contributed by atoms with Crippen molar-refractivity contribution in [2.75, 3.05) is 32.7 Å². The molecule has 0 saturated carbocycles. The number of H-pyrrole nitrogens is 1. The predicted octanol–water partition coefficient (Wildman–Crippen LogP) is 0.616. The molecule has 0 fully saturated rings. The van der Waals surface area contributed by atoms with Crippen LogP contribution in [0.3, 0.4) is 0 Å². The van der Waals surface area contributed by atoms with Crippen molar-refractivity contribution in [2.45, 2.75) is 6.92 Å². The third-order valence-electron chi connectivity index (χ3n) is 3.06. The van der Waals surface area contributed by atoms with Gasteiger partial charge in [0, 0.05) is 27.7 Å². The second-order valence-electron chi connectivity index (χ2n) is 4.37. The Balaban J connectivity index is 2.73. The molecule has 0 saturated heterocycles. The normalized spacial score (nSPS) is 12.2. The van der Waals surface area contributed by atoms with Crippen molar-refractivity contribution >= 4 is 22.7 Å². The molecule has 2 aromatic rings. The summed E-state index contributed by atoms with van der Waals surface area (Å²) in [4.78, 5) is 15.6. The Morgan fingerprint density at radius 2 is 2.20 bits per heavy atom. The van der Waals surface area contributed by atoms with E-state index < -0.39 is 0 Å². The lowest BCUT2D eigenvalue weighted by atomic mass is 10.1. The number of fused-ring (bicyclic) bond motifs is 1. The summed E-state index contributed by atoms with van der Waals surface area (Å²) in [6, 6.07) is 0. The third-order valence-corrected chi connectivity index (χ3v) is 3.06. The van der Waals surface area contributed by atoms with E-state index in [1.54, 1.807) is 19.6 Å². The fourth-order valence-electron chi connectivity index (χ4n) is 2.21. The lowest BCUT2D eigenvalue weighted by molar-refractivity contribution is 0.235. The first kappa shape index (κ1) is 14.2. The minimum absolute atomic E-state index is 0.358. The van der Waals surface area contributed by atoms with Gasteiger partial charge >= 0.3 is 0 Å². The van der Waals surface area contributed by atoms with Crippen LogP contribution >= 0.6 is 0 Å². The first-order valence-electron chi connectivity index (χ1n) is 6.28. The number of aromatic nitrogens is 3. The molecule has 3 N–H and O–H groups in total. The molecule has 0 amide bonds. The Kier molecular flexibility index (Phi) is 4.16. The Bertz CT molecular complexity index is 619. The van der Waals surface area contributed by atoms with Crippen LogP contribution in [-0.4, -0.2) is 58.7 Å². The SMILES string of the molecule is CCN(c1cnc2nc[nH]c2c1C(=NC)NO)N(C)C. The van der Waals surface area contributed by atoms with Crippen LogP contribution in [0.15, 0.2) is 17.5 Å². The van der Waals surface area contributed by atoms with Crippen LogP contribution in [0.2, 0.25) is 0 Å². The molecule has 0 bridgehead atoms. The number of imidazole rings is 1. The summed E-state index contributed by atoms with van der Waals surface area (Å²) in [5.41, 5.74) is 5.00. The Labute approximate surface area is 117 Å². The molecule has 0 atom stereocenters. The van der Waals surface area contributed by atoms with E-state index in [0.717, 1.165) is 23.3 Å². The quantitative estimate of drug-likeness (QED) is 0.431. The predicted molar refractivity (Wildman–Crippen MR) is 78.0 cm³/mol. The highest BCUT2D eigenvalue weighted by Gasteiger charge is 2.20. The van der Waals surface area contributed by atoms with Crippen LogP contribution < -0.4 is 10.5 Å². The molecule has 0 radical (unpaired) electrons. The minimum Gasteiger partial charge on any atom is -0.343 e. The number of pyridine rings is 1. The van der Waals surface area contributed by atoms with Gasteiger partial charge in [-0.2, -0.15) is 0 Å². The number of anilines is 1. The highest BCUT2D eigenvalue weighted by molar-refractivity contribution is 6.11. The van der Waals surface area contributed by atoms with Crippen molar-refractivity contribution in [1.82, 2.24) is 25.4 Å². The molecule has 0 aliphatic carbocycles. The molecular formula is C12H19N7O. The van der Waals surface area contributed by atoms with E-state index in [1.807, 2.05) is 31.0 Å². The number of nitrogens with zero attached hydrogens (tertiary/aromatic N) is 5. The van der Waals surface area contributed by atoms with Crippen molar-refractivity contribution < 1.29 is 5.21 Å². The largest absolute Gasteiger partial charge is 0.343 e. The number of aliphatic imine (C=N–C) groups is 1. The molecule has 2 heterocycles. The number of hydrogen-bond acceptors (Lipinski definition) is 6. The zero-order chi connectivity index (χ0) is 14.7. The average Bonchev–Trinajstić information content (AvgIpc) is 2.90. The molecule has 0 aromatic carbocycles. The Morgan fingerprint density at radius 1 is 1.45 bits per heavy atom. The maximum atomic E-state index is 9.33. The first-order chi connectivity index (χ1) is 9.63. The number of hydrazine groups is 1. The van der Waals surface area contributed by atoms with E-state index in [0.29, 0.717) is 11.5 Å². The van der Waals surface area contributed by atoms with Gasteiger partial charge in [0.05, 0.1) is 29.3 Å². The topological polar surface area (TPSA) is 92.7 Å². The van der Waals surface area contributed by atoms with Gasteiger partial charge in [-0.15, -0.1) is 0 Å². The van der Waals surface area contributed by atoms with Gasteiger partial charge in [0.25, 0.3) is 0 Å². The molecule has 8 heteroatoms. The maximum absolute atomic E-state index is 9.33. The summed E-state index contributed by atoms with van der Waals surface area (Å²) >= 11 is 0. The standard InChI is InChI=1S/C12H19N7O/c1-5-19(18(3)4)8-6-14-12-10(15-7-16-12)9(8)11(13-2)17-20/h6-7,20H,5H2,1-4H3,(H,13,17)(H,14,15,16). The van der Waals surface area contributed by atoms with Gasteiger partial charge in [-0.3, -0.25) is 15.7 Å². The lowest BCUT2D eigenvalue weighted by Crippen LogP contribution is -2.38. The van der Waals surface area contributed by atoms with Crippen molar-refractivity contribution in [2.24, 2.45) is 4.99 Å². The smallest absolute Gasteiger partial charge is 0.178 e. The number of aromatic amines is 1. The van der Waals surface area contributed by atoms with Crippen LogP contribution in [0, 0.1) is 0 Å². The summed E-state index contributed by atoms with van der Waals surface area (Å²) in [5, 5.41) is 13.3. The van der Waals surface area contributed by atoms with E-state index >= 15 is 0 Å². The highest BCUT2D eigenvalue weighted by Crippen LogP contribution is 2.26. The van der Waals surface area contributed by atoms with Crippen molar-refractivity contribution in [1.29, 1.82) is 0 Å². The molecule has 8 nitrogen and oxygen atoms in total. The lowest BCUT2D eigenvalue weighted by Gasteiger charge is -2.31. The number of rotatable bonds is 4. The zero-order valence-electron chi connectivity index (χ0n) is 12.0. The van der Waals surface area contributed by atoms with Gasteiger partial charge < -0.3 is 9.99 Å². The van der Waals surface area contributed by atoms with E-state index in [2.05, 4.69) is 25.4 Å². The first-order valence-corrected chi connectivity index (χ1v) is 6.28. The molecule has 0 spiro atoms. The molecule has 108 valence electrons. The summed E-state index contributed by atoms with van der Waals surface area (Å²) in [6.07, 6.45) is 3.30. The summed E-state index contributed by atoms with van der Waals surface area (Å²) < 4.78 is 0. The maximum Gasteiger partial charge on any atom is 0.178 e. The second kappa shape index (κ2) is 5.85. The van der Waals surface area contributed by atoms with E-state index in [9.17, 15) is 5.21 Å². The van der Waals surface area contributed by atoms with Gasteiger partial charge in [0.2, 0.25) is 0 Å². The Hall–Kier alpha value is -2.19. The molecule has 0 aliphatic heterocycles. The number of hydroxylamine groups is 1. The molecule has 2 aromatic heterocycles. The average molecular weight is 277 g/mol. The second-order valence-corrected chi connectivity index (χ2v) is 4.37. The van der Waals surface area contributed by atoms with E-state index in [1.165, 1.54) is 0 Å².